The molecule has 0 bridgehead atoms. The van der Waals surface area contributed by atoms with Gasteiger partial charge in [0.25, 0.3) is 5.91 Å². The lowest BCUT2D eigenvalue weighted by molar-refractivity contribution is -0.129. The lowest BCUT2D eigenvalue weighted by Gasteiger charge is -2.33. The number of tetrazole rings is 1. The van der Waals surface area contributed by atoms with Crippen molar-refractivity contribution in [2.45, 2.75) is 31.3 Å². The number of pyridine rings is 1. The van der Waals surface area contributed by atoms with Crippen LogP contribution in [0.25, 0.3) is 22.5 Å². The highest BCUT2D eigenvalue weighted by Gasteiger charge is 2.42. The van der Waals surface area contributed by atoms with E-state index in [1.54, 1.807) is 23.2 Å². The number of imidazole rings is 1. The molecule has 0 saturated carbocycles. The van der Waals surface area contributed by atoms with Crippen molar-refractivity contribution in [1.82, 2.24) is 40.1 Å². The predicted octanol–water partition coefficient (Wildman–Crippen LogP) is 3.51. The molecule has 14 heteroatoms. The average Bonchev–Trinajstić information content (AvgIpc) is 3.66. The number of aromatic nitrogens is 7. The van der Waals surface area contributed by atoms with Crippen molar-refractivity contribution in [2.75, 3.05) is 0 Å². The minimum absolute atomic E-state index is 0.0537. The Labute approximate surface area is 224 Å². The van der Waals surface area contributed by atoms with Crippen LogP contribution >= 0.6 is 23.2 Å². The highest BCUT2D eigenvalue weighted by Crippen LogP contribution is 2.44. The van der Waals surface area contributed by atoms with Gasteiger partial charge in [-0.1, -0.05) is 23.2 Å². The molecule has 1 aromatic carbocycles. The second kappa shape index (κ2) is 9.30. The highest BCUT2D eigenvalue weighted by molar-refractivity contribution is 6.32. The maximum atomic E-state index is 15.3. The second-order valence-electron chi connectivity index (χ2n) is 8.96. The molecule has 0 aliphatic carbocycles. The van der Waals surface area contributed by atoms with Gasteiger partial charge in [-0.15, -0.1) is 5.10 Å². The number of halogens is 3. The van der Waals surface area contributed by atoms with E-state index in [1.165, 1.54) is 29.2 Å². The number of benzene rings is 1. The van der Waals surface area contributed by atoms with Crippen LogP contribution in [-0.4, -0.2) is 57.9 Å². The number of nitrogens with zero attached hydrogens (tertiary/aromatic N) is 7. The number of fused-ring (bicyclic) bond motifs is 1. The van der Waals surface area contributed by atoms with E-state index in [9.17, 15) is 9.59 Å². The van der Waals surface area contributed by atoms with E-state index in [0.717, 1.165) is 0 Å². The van der Waals surface area contributed by atoms with E-state index in [4.69, 9.17) is 28.9 Å². The largest absolute Gasteiger partial charge is 0.364 e. The van der Waals surface area contributed by atoms with Crippen LogP contribution in [0.5, 0.6) is 0 Å². The first kappa shape index (κ1) is 24.2. The molecular weight excluding hydrogens is 536 g/mol. The van der Waals surface area contributed by atoms with Gasteiger partial charge in [-0.25, -0.2) is 14.4 Å². The van der Waals surface area contributed by atoms with E-state index in [1.807, 2.05) is 0 Å². The zero-order valence-electron chi connectivity index (χ0n) is 19.5. The maximum absolute atomic E-state index is 15.3. The molecule has 0 unspecified atom stereocenters. The summed E-state index contributed by atoms with van der Waals surface area (Å²) in [6, 6.07) is 5.69. The van der Waals surface area contributed by atoms with Crippen molar-refractivity contribution in [3.63, 3.8) is 0 Å². The Balaban J connectivity index is 1.31. The minimum Gasteiger partial charge on any atom is -0.364 e. The molecule has 2 amide bonds. The molecule has 1 saturated heterocycles. The summed E-state index contributed by atoms with van der Waals surface area (Å²) in [6.07, 6.45) is 6.17. The van der Waals surface area contributed by atoms with Gasteiger partial charge >= 0.3 is 0 Å². The summed E-state index contributed by atoms with van der Waals surface area (Å²) in [5.41, 5.74) is 7.57. The van der Waals surface area contributed by atoms with Crippen LogP contribution in [0.1, 0.15) is 47.2 Å². The van der Waals surface area contributed by atoms with Crippen LogP contribution in [0, 0.1) is 5.82 Å². The molecule has 2 aliphatic heterocycles. The van der Waals surface area contributed by atoms with E-state index < -0.39 is 11.7 Å². The Morgan fingerprint density at radius 3 is 2.76 bits per heavy atom. The Bertz CT molecular complexity index is 1620. The zero-order valence-corrected chi connectivity index (χ0v) is 21.0. The number of H-pyrrole nitrogens is 1. The Hall–Kier alpha value is -4.16. The van der Waals surface area contributed by atoms with Crippen molar-refractivity contribution >= 4 is 40.6 Å². The zero-order chi connectivity index (χ0) is 26.6. The summed E-state index contributed by atoms with van der Waals surface area (Å²) in [7, 11) is 0. The molecule has 3 aromatic heterocycles. The van der Waals surface area contributed by atoms with Gasteiger partial charge in [-0.3, -0.25) is 9.59 Å². The van der Waals surface area contributed by atoms with Gasteiger partial charge in [0.15, 0.2) is 5.82 Å². The lowest BCUT2D eigenvalue weighted by atomic mass is 9.92. The van der Waals surface area contributed by atoms with E-state index in [0.29, 0.717) is 47.6 Å². The monoisotopic (exact) mass is 553 g/mol. The molecule has 1 fully saturated rings. The Kier molecular flexibility index (Phi) is 5.92. The molecule has 0 spiro atoms. The van der Waals surface area contributed by atoms with E-state index in [-0.39, 0.29) is 39.4 Å². The normalized spacial score (nSPS) is 19.0. The number of amides is 2. The summed E-state index contributed by atoms with van der Waals surface area (Å²) in [5, 5.41) is 11.2. The van der Waals surface area contributed by atoms with Crippen LogP contribution in [0.4, 0.5) is 4.39 Å². The van der Waals surface area contributed by atoms with Crippen LogP contribution in [-0.2, 0) is 4.79 Å². The van der Waals surface area contributed by atoms with Crippen molar-refractivity contribution in [1.29, 1.82) is 0 Å². The molecule has 3 N–H and O–H groups in total. The molecule has 38 heavy (non-hydrogen) atoms. The Morgan fingerprint density at radius 2 is 2.03 bits per heavy atom. The van der Waals surface area contributed by atoms with Crippen molar-refractivity contribution in [3.05, 3.63) is 75.9 Å². The molecule has 5 heterocycles. The number of carbonyl (C=O) groups is 2. The Morgan fingerprint density at radius 1 is 1.18 bits per heavy atom. The summed E-state index contributed by atoms with van der Waals surface area (Å²) >= 11 is 12.4. The first-order chi connectivity index (χ1) is 18.3. The molecule has 4 aromatic rings. The molecule has 2 atom stereocenters. The van der Waals surface area contributed by atoms with E-state index in [2.05, 4.69) is 30.5 Å². The van der Waals surface area contributed by atoms with Crippen molar-refractivity contribution in [2.24, 2.45) is 5.73 Å². The third-order valence-electron chi connectivity index (χ3n) is 6.80. The fraction of sp³-hybridized carbons (Fsp3) is 0.208. The predicted molar refractivity (Wildman–Crippen MR) is 135 cm³/mol. The maximum Gasteiger partial charge on any atom is 0.267 e. The first-order valence-corrected chi connectivity index (χ1v) is 12.3. The number of aromatic amines is 1. The minimum atomic E-state index is -0.681. The van der Waals surface area contributed by atoms with Crippen LogP contribution < -0.4 is 5.73 Å². The summed E-state index contributed by atoms with van der Waals surface area (Å²) in [5.74, 6) is -0.986. The smallest absolute Gasteiger partial charge is 0.267 e. The molecule has 2 aliphatic rings. The van der Waals surface area contributed by atoms with E-state index >= 15 is 4.39 Å². The topological polar surface area (TPSA) is 149 Å². The lowest BCUT2D eigenvalue weighted by Crippen LogP contribution is -2.39. The highest BCUT2D eigenvalue weighted by atomic mass is 35.5. The number of hydrogen-bond acceptors (Lipinski definition) is 7. The van der Waals surface area contributed by atoms with Gasteiger partial charge in [0, 0.05) is 23.2 Å². The van der Waals surface area contributed by atoms with Crippen LogP contribution in [0.2, 0.25) is 10.2 Å². The first-order valence-electron chi connectivity index (χ1n) is 11.6. The number of rotatable bonds is 5. The van der Waals surface area contributed by atoms with Gasteiger partial charge in [0.2, 0.25) is 5.91 Å². The average molecular weight is 554 g/mol. The van der Waals surface area contributed by atoms with Gasteiger partial charge in [-0.05, 0) is 59.5 Å². The van der Waals surface area contributed by atoms with Crippen LogP contribution in [0.3, 0.4) is 0 Å². The number of nitrogens with two attached hydrogens (primary N) is 1. The quantitative estimate of drug-likeness (QED) is 0.359. The number of primary amides is 1. The van der Waals surface area contributed by atoms with Gasteiger partial charge < -0.3 is 15.6 Å². The summed E-state index contributed by atoms with van der Waals surface area (Å²) in [6.45, 7) is 0. The summed E-state index contributed by atoms with van der Waals surface area (Å²) < 4.78 is 16.6. The number of carbonyl (C=O) groups excluding carboxylic acids is 2. The van der Waals surface area contributed by atoms with Crippen LogP contribution in [0.15, 0.2) is 42.9 Å². The fourth-order valence-electron chi connectivity index (χ4n) is 5.12. The molecule has 0 radical (unpaired) electrons. The van der Waals surface area contributed by atoms with Gasteiger partial charge in [0.05, 0.1) is 28.6 Å². The standard InChI is InChI=1S/C24H18Cl2FN9O2/c25-14-3-6-17(35-10-30-33-34-35)20(21(14)27)11-7-12-1-5-18(36(12)19(37)8-11)24-29-9-16(32-24)13-2-4-15(23(28)38)31-22(13)26/h2-4,6,8-10,12,18H,1,5,7H2,(H2,28,38)(H,29,32)/t12-,18-/m0/s1. The molecule has 6 rings (SSSR count). The third kappa shape index (κ3) is 4.02. The molecule has 192 valence electrons. The van der Waals surface area contributed by atoms with Crippen molar-refractivity contribution < 1.29 is 14.0 Å². The second-order valence-corrected chi connectivity index (χ2v) is 9.72. The van der Waals surface area contributed by atoms with Gasteiger partial charge in [0.1, 0.15) is 23.0 Å². The van der Waals surface area contributed by atoms with Gasteiger partial charge in [-0.2, -0.15) is 4.68 Å². The van der Waals surface area contributed by atoms with Crippen molar-refractivity contribution in [3.8, 4) is 16.9 Å². The summed E-state index contributed by atoms with van der Waals surface area (Å²) in [4.78, 5) is 38.3. The number of hydrogen-bond donors (Lipinski definition) is 2. The SMILES string of the molecule is NC(=O)c1ccc(-c2cnc([C@@H]3CC[C@H]4CC(c5c(-n6cnnn6)ccc(Cl)c5F)=CC(=O)N43)[nH]2)c(Cl)n1. The third-order valence-corrected chi connectivity index (χ3v) is 7.38. The fourth-order valence-corrected chi connectivity index (χ4v) is 5.53. The molecule has 11 nitrogen and oxygen atoms in total. The number of nitrogens with one attached hydrogen (secondary N) is 1. The molecular formula is C24H18Cl2FN9O2.